The Balaban J connectivity index is 1.71. The highest BCUT2D eigenvalue weighted by molar-refractivity contribution is 7.09. The van der Waals surface area contributed by atoms with Crippen LogP contribution in [-0.4, -0.2) is 71.8 Å². The van der Waals surface area contributed by atoms with Gasteiger partial charge in [0.2, 0.25) is 5.91 Å². The summed E-state index contributed by atoms with van der Waals surface area (Å²) in [7, 11) is 5.37. The molecule has 1 fully saturated rings. The van der Waals surface area contributed by atoms with E-state index in [1.54, 1.807) is 35.0 Å². The van der Waals surface area contributed by atoms with Crippen LogP contribution in [0.4, 0.5) is 0 Å². The summed E-state index contributed by atoms with van der Waals surface area (Å²) in [5.41, 5.74) is 1.05. The summed E-state index contributed by atoms with van der Waals surface area (Å²) in [5, 5.41) is 9.69. The predicted octanol–water partition coefficient (Wildman–Crippen LogP) is 1.09. The largest absolute Gasteiger partial charge is 0.370 e. The van der Waals surface area contributed by atoms with Gasteiger partial charge in [-0.05, 0) is 11.4 Å². The fourth-order valence-electron chi connectivity index (χ4n) is 2.78. The number of aromatic nitrogens is 2. The summed E-state index contributed by atoms with van der Waals surface area (Å²) in [6, 6.07) is 4.11. The number of carbonyl (C=O) groups excluding carboxylic acids is 1. The molecule has 146 valence electrons. The summed E-state index contributed by atoms with van der Waals surface area (Å²) in [6.07, 6.45) is 3.74. The Morgan fingerprint density at radius 1 is 1.52 bits per heavy atom. The van der Waals surface area contributed by atoms with Crippen LogP contribution in [0, 0.1) is 0 Å². The summed E-state index contributed by atoms with van der Waals surface area (Å²) < 4.78 is 7.70. The number of nitrogens with one attached hydrogen (secondary N) is 1. The molecule has 0 saturated carbocycles. The number of amides is 1. The number of carbonyl (C=O) groups is 1. The van der Waals surface area contributed by atoms with Crippen molar-refractivity contribution in [1.29, 1.82) is 0 Å². The maximum absolute atomic E-state index is 12.0. The molecule has 1 saturated heterocycles. The van der Waals surface area contributed by atoms with Crippen LogP contribution in [0.1, 0.15) is 16.5 Å². The quantitative estimate of drug-likeness (QED) is 0.611. The molecule has 2 aromatic rings. The molecule has 1 aliphatic rings. The molecule has 0 spiro atoms. The number of guanidine groups is 1. The van der Waals surface area contributed by atoms with E-state index in [9.17, 15) is 4.79 Å². The van der Waals surface area contributed by atoms with Crippen LogP contribution in [0.2, 0.25) is 0 Å². The van der Waals surface area contributed by atoms with Crippen LogP contribution in [0.3, 0.4) is 0 Å². The van der Waals surface area contributed by atoms with Crippen molar-refractivity contribution in [2.45, 2.75) is 12.6 Å². The fraction of sp³-hybridized carbons (Fsp3) is 0.500. The third kappa shape index (κ3) is 5.30. The average Bonchev–Trinajstić information content (AvgIpc) is 3.33. The smallest absolute Gasteiger partial charge is 0.243 e. The highest BCUT2D eigenvalue weighted by atomic mass is 32.1. The van der Waals surface area contributed by atoms with Gasteiger partial charge in [0.1, 0.15) is 12.6 Å². The second-order valence-electron chi connectivity index (χ2n) is 6.61. The minimum Gasteiger partial charge on any atom is -0.370 e. The van der Waals surface area contributed by atoms with Crippen molar-refractivity contribution < 1.29 is 9.53 Å². The Morgan fingerprint density at radius 2 is 2.37 bits per heavy atom. The molecule has 1 N–H and O–H groups in total. The van der Waals surface area contributed by atoms with Crippen molar-refractivity contribution in [3.8, 4) is 0 Å². The van der Waals surface area contributed by atoms with E-state index in [-0.39, 0.29) is 18.6 Å². The Morgan fingerprint density at radius 3 is 3.04 bits per heavy atom. The lowest BCUT2D eigenvalue weighted by atomic mass is 10.1. The summed E-state index contributed by atoms with van der Waals surface area (Å²) >= 11 is 1.69. The molecule has 0 radical (unpaired) electrons. The number of likely N-dealkylation sites (N-methyl/N-ethyl adjacent to an activating group) is 1. The van der Waals surface area contributed by atoms with Gasteiger partial charge in [0.25, 0.3) is 0 Å². The van der Waals surface area contributed by atoms with E-state index in [1.807, 2.05) is 25.5 Å². The zero-order chi connectivity index (χ0) is 19.2. The van der Waals surface area contributed by atoms with E-state index in [4.69, 9.17) is 4.74 Å². The number of thiophene rings is 1. The average molecular weight is 391 g/mol. The van der Waals surface area contributed by atoms with E-state index in [0.29, 0.717) is 19.7 Å². The number of morpholine rings is 1. The second kappa shape index (κ2) is 9.01. The van der Waals surface area contributed by atoms with E-state index in [0.717, 1.165) is 18.1 Å². The maximum atomic E-state index is 12.0. The number of aliphatic imine (C=N–C) groups is 1. The van der Waals surface area contributed by atoms with Gasteiger partial charge in [0.05, 0.1) is 25.9 Å². The SMILES string of the molecule is CN(C)C(=O)CN=C(NCc1cccs1)N1CCOC(c2cnn(C)c2)C1. The van der Waals surface area contributed by atoms with Crippen molar-refractivity contribution in [1.82, 2.24) is 24.9 Å². The lowest BCUT2D eigenvalue weighted by molar-refractivity contribution is -0.127. The highest BCUT2D eigenvalue weighted by Crippen LogP contribution is 2.21. The molecule has 27 heavy (non-hydrogen) atoms. The van der Waals surface area contributed by atoms with Crippen LogP contribution in [0.5, 0.6) is 0 Å². The molecule has 0 aliphatic carbocycles. The molecule has 0 aromatic carbocycles. The number of hydrogen-bond donors (Lipinski definition) is 1. The first kappa shape index (κ1) is 19.4. The van der Waals surface area contributed by atoms with Gasteiger partial charge in [0.15, 0.2) is 5.96 Å². The number of rotatable bonds is 5. The zero-order valence-corrected chi connectivity index (χ0v) is 16.8. The number of ether oxygens (including phenoxy) is 1. The molecule has 9 heteroatoms. The molecule has 1 amide bonds. The molecular formula is C18H26N6O2S. The van der Waals surface area contributed by atoms with Gasteiger partial charge in [-0.3, -0.25) is 9.48 Å². The number of hydrogen-bond acceptors (Lipinski definition) is 5. The molecule has 3 heterocycles. The van der Waals surface area contributed by atoms with E-state index in [2.05, 4.69) is 31.8 Å². The Kier molecular flexibility index (Phi) is 6.46. The van der Waals surface area contributed by atoms with E-state index in [1.165, 1.54) is 4.88 Å². The lowest BCUT2D eigenvalue weighted by Crippen LogP contribution is -2.48. The van der Waals surface area contributed by atoms with Crippen LogP contribution in [0.15, 0.2) is 34.9 Å². The first-order chi connectivity index (χ1) is 13.0. The number of aryl methyl sites for hydroxylation is 1. The molecule has 8 nitrogen and oxygen atoms in total. The summed E-state index contributed by atoms with van der Waals surface area (Å²) in [5.74, 6) is 0.707. The van der Waals surface area contributed by atoms with Crippen molar-refractivity contribution >= 4 is 23.2 Å². The van der Waals surface area contributed by atoms with E-state index < -0.39 is 0 Å². The van der Waals surface area contributed by atoms with Gasteiger partial charge in [-0.25, -0.2) is 4.99 Å². The first-order valence-electron chi connectivity index (χ1n) is 8.89. The summed E-state index contributed by atoms with van der Waals surface area (Å²) in [4.78, 5) is 21.5. The van der Waals surface area contributed by atoms with Gasteiger partial charge in [-0.2, -0.15) is 5.10 Å². The van der Waals surface area contributed by atoms with Gasteiger partial charge in [0, 0.05) is 44.3 Å². The molecular weight excluding hydrogens is 364 g/mol. The van der Waals surface area contributed by atoms with Crippen molar-refractivity contribution in [2.75, 3.05) is 40.3 Å². The van der Waals surface area contributed by atoms with Gasteiger partial charge in [-0.1, -0.05) is 6.07 Å². The molecule has 2 aromatic heterocycles. The van der Waals surface area contributed by atoms with Crippen molar-refractivity contribution in [3.63, 3.8) is 0 Å². The second-order valence-corrected chi connectivity index (χ2v) is 7.65. The molecule has 3 rings (SSSR count). The van der Waals surface area contributed by atoms with Gasteiger partial charge >= 0.3 is 0 Å². The van der Waals surface area contributed by atoms with Crippen LogP contribution in [0.25, 0.3) is 0 Å². The number of nitrogens with zero attached hydrogens (tertiary/aromatic N) is 5. The zero-order valence-electron chi connectivity index (χ0n) is 16.0. The monoisotopic (exact) mass is 390 g/mol. The normalized spacial score (nSPS) is 17.8. The Labute approximate surface area is 163 Å². The standard InChI is InChI=1S/C18H26N6O2S/c1-22(2)17(25)11-20-18(19-10-15-5-4-8-27-15)24-6-7-26-16(13-24)14-9-21-23(3)12-14/h4-5,8-9,12,16H,6-7,10-11,13H2,1-3H3,(H,19,20). The lowest BCUT2D eigenvalue weighted by Gasteiger charge is -2.35. The first-order valence-corrected chi connectivity index (χ1v) is 9.77. The fourth-order valence-corrected chi connectivity index (χ4v) is 3.43. The third-order valence-corrected chi connectivity index (χ3v) is 5.20. The summed E-state index contributed by atoms with van der Waals surface area (Å²) in [6.45, 7) is 2.79. The minimum absolute atomic E-state index is 0.0255. The van der Waals surface area contributed by atoms with Gasteiger partial charge < -0.3 is 19.9 Å². The minimum atomic E-state index is -0.0641. The third-order valence-electron chi connectivity index (χ3n) is 4.33. The predicted molar refractivity (Wildman–Crippen MR) is 106 cm³/mol. The molecule has 1 aliphatic heterocycles. The molecule has 0 bridgehead atoms. The Hall–Kier alpha value is -2.39. The molecule has 1 unspecified atom stereocenters. The Bertz CT molecular complexity index is 771. The van der Waals surface area contributed by atoms with Crippen molar-refractivity contribution in [3.05, 3.63) is 40.3 Å². The highest BCUT2D eigenvalue weighted by Gasteiger charge is 2.25. The maximum Gasteiger partial charge on any atom is 0.243 e. The van der Waals surface area contributed by atoms with Gasteiger partial charge in [-0.15, -0.1) is 11.3 Å². The van der Waals surface area contributed by atoms with Crippen LogP contribution >= 0.6 is 11.3 Å². The van der Waals surface area contributed by atoms with Crippen LogP contribution < -0.4 is 5.32 Å². The van der Waals surface area contributed by atoms with Crippen molar-refractivity contribution in [2.24, 2.45) is 12.0 Å². The van der Waals surface area contributed by atoms with E-state index >= 15 is 0 Å². The molecule has 1 atom stereocenters. The van der Waals surface area contributed by atoms with Crippen LogP contribution in [-0.2, 0) is 23.1 Å². The topological polar surface area (TPSA) is 75.0 Å².